The van der Waals surface area contributed by atoms with Crippen molar-refractivity contribution in [3.8, 4) is 0 Å². The van der Waals surface area contributed by atoms with Crippen LogP contribution in [0.1, 0.15) is 26.3 Å². The minimum Gasteiger partial charge on any atom is -0.267 e. The van der Waals surface area contributed by atoms with Crippen LogP contribution in [-0.2, 0) is 10.0 Å². The van der Waals surface area contributed by atoms with Crippen molar-refractivity contribution in [2.24, 2.45) is 5.41 Å². The van der Waals surface area contributed by atoms with Gasteiger partial charge in [-0.15, -0.1) is 0 Å². The number of rotatable bonds is 3. The van der Waals surface area contributed by atoms with E-state index in [0.717, 1.165) is 10.0 Å². The maximum Gasteiger partial charge on any atom is 0.234 e. The second-order valence-corrected chi connectivity index (χ2v) is 7.82. The van der Waals surface area contributed by atoms with E-state index in [1.165, 1.54) is 0 Å². The minimum atomic E-state index is -3.35. The van der Waals surface area contributed by atoms with Crippen LogP contribution in [-0.4, -0.2) is 19.2 Å². The van der Waals surface area contributed by atoms with E-state index in [9.17, 15) is 8.42 Å². The highest BCUT2D eigenvalue weighted by atomic mass is 79.9. The van der Waals surface area contributed by atoms with Crippen LogP contribution >= 0.6 is 15.9 Å². The standard InChI is InChI=1S/C11H17BrN2O2S/c1-8-5-10(13-6-9(8)12)14-17(15,16)7-11(2,3)4/h5-6H,7H2,1-4H3,(H,13,14). The number of pyridine rings is 1. The van der Waals surface area contributed by atoms with Gasteiger partial charge in [0.15, 0.2) is 0 Å². The molecule has 0 spiro atoms. The minimum absolute atomic E-state index is 0.0663. The molecule has 17 heavy (non-hydrogen) atoms. The van der Waals surface area contributed by atoms with Crippen molar-refractivity contribution in [2.75, 3.05) is 10.5 Å². The Hall–Kier alpha value is -0.620. The van der Waals surface area contributed by atoms with Crippen molar-refractivity contribution in [1.29, 1.82) is 0 Å². The zero-order chi connectivity index (χ0) is 13.3. The van der Waals surface area contributed by atoms with Crippen LogP contribution in [0.2, 0.25) is 0 Å². The molecule has 0 amide bonds. The van der Waals surface area contributed by atoms with E-state index in [1.54, 1.807) is 12.3 Å². The Morgan fingerprint density at radius 3 is 2.47 bits per heavy atom. The molecule has 1 N–H and O–H groups in total. The van der Waals surface area contributed by atoms with E-state index >= 15 is 0 Å². The van der Waals surface area contributed by atoms with E-state index in [0.29, 0.717) is 5.82 Å². The van der Waals surface area contributed by atoms with E-state index in [4.69, 9.17) is 0 Å². The Morgan fingerprint density at radius 2 is 2.00 bits per heavy atom. The summed E-state index contributed by atoms with van der Waals surface area (Å²) in [5.74, 6) is 0.423. The van der Waals surface area contributed by atoms with E-state index in [1.807, 2.05) is 27.7 Å². The van der Waals surface area contributed by atoms with Gasteiger partial charge in [0.25, 0.3) is 0 Å². The molecule has 1 aromatic heterocycles. The normalized spacial score (nSPS) is 12.5. The highest BCUT2D eigenvalue weighted by Gasteiger charge is 2.21. The van der Waals surface area contributed by atoms with Gasteiger partial charge in [-0.05, 0) is 39.9 Å². The molecule has 0 saturated carbocycles. The van der Waals surface area contributed by atoms with Gasteiger partial charge in [-0.2, -0.15) is 0 Å². The molecule has 1 aromatic rings. The summed E-state index contributed by atoms with van der Waals surface area (Å²) in [6, 6.07) is 1.70. The summed E-state index contributed by atoms with van der Waals surface area (Å²) in [6.45, 7) is 7.53. The Morgan fingerprint density at radius 1 is 1.41 bits per heavy atom. The fourth-order valence-corrected chi connectivity index (χ4v) is 3.22. The number of nitrogens with zero attached hydrogens (tertiary/aromatic N) is 1. The Kier molecular flexibility index (Phi) is 4.19. The lowest BCUT2D eigenvalue weighted by Gasteiger charge is -2.18. The summed E-state index contributed by atoms with van der Waals surface area (Å²) in [6.07, 6.45) is 1.59. The summed E-state index contributed by atoms with van der Waals surface area (Å²) in [5, 5.41) is 0. The van der Waals surface area contributed by atoms with Gasteiger partial charge in [0.05, 0.1) is 5.75 Å². The number of hydrogen-bond donors (Lipinski definition) is 1. The maximum atomic E-state index is 11.8. The van der Waals surface area contributed by atoms with Gasteiger partial charge in [0, 0.05) is 10.7 Å². The number of halogens is 1. The number of aromatic nitrogens is 1. The molecule has 1 heterocycles. The molecule has 0 aromatic carbocycles. The second kappa shape index (κ2) is 4.94. The van der Waals surface area contributed by atoms with Gasteiger partial charge in [0.1, 0.15) is 5.82 Å². The summed E-state index contributed by atoms with van der Waals surface area (Å²) in [5.41, 5.74) is 0.657. The van der Waals surface area contributed by atoms with E-state index < -0.39 is 10.0 Å². The molecule has 6 heteroatoms. The van der Waals surface area contributed by atoms with Crippen molar-refractivity contribution < 1.29 is 8.42 Å². The van der Waals surface area contributed by atoms with Crippen LogP contribution < -0.4 is 4.72 Å². The zero-order valence-corrected chi connectivity index (χ0v) is 12.8. The molecule has 96 valence electrons. The molecule has 0 fully saturated rings. The molecule has 1 rings (SSSR count). The van der Waals surface area contributed by atoms with Gasteiger partial charge >= 0.3 is 0 Å². The Labute approximate surface area is 111 Å². The predicted molar refractivity (Wildman–Crippen MR) is 73.5 cm³/mol. The average molecular weight is 321 g/mol. The second-order valence-electron chi connectivity index (χ2n) is 5.24. The fraction of sp³-hybridized carbons (Fsp3) is 0.545. The summed E-state index contributed by atoms with van der Waals surface area (Å²) in [7, 11) is -3.35. The zero-order valence-electron chi connectivity index (χ0n) is 10.4. The van der Waals surface area contributed by atoms with E-state index in [2.05, 4.69) is 25.6 Å². The first kappa shape index (κ1) is 14.4. The van der Waals surface area contributed by atoms with Crippen molar-refractivity contribution in [1.82, 2.24) is 4.98 Å². The van der Waals surface area contributed by atoms with Crippen LogP contribution in [0.5, 0.6) is 0 Å². The lowest BCUT2D eigenvalue weighted by Crippen LogP contribution is -2.26. The van der Waals surface area contributed by atoms with Crippen LogP contribution in [0.3, 0.4) is 0 Å². The van der Waals surface area contributed by atoms with Crippen molar-refractivity contribution >= 4 is 31.8 Å². The first-order valence-electron chi connectivity index (χ1n) is 5.22. The third kappa shape index (κ3) is 5.04. The summed E-state index contributed by atoms with van der Waals surface area (Å²) >= 11 is 3.32. The molecule has 0 atom stereocenters. The largest absolute Gasteiger partial charge is 0.267 e. The Balaban J connectivity index is 2.87. The molecule has 0 aliphatic carbocycles. The molecule has 0 unspecified atom stereocenters. The molecular weight excluding hydrogens is 304 g/mol. The molecule has 0 saturated heterocycles. The number of anilines is 1. The van der Waals surface area contributed by atoms with Gasteiger partial charge < -0.3 is 0 Å². The van der Waals surface area contributed by atoms with Crippen LogP contribution in [0.15, 0.2) is 16.7 Å². The molecule has 0 aliphatic heterocycles. The molecule has 0 aliphatic rings. The first-order chi connectivity index (χ1) is 7.59. The number of sulfonamides is 1. The fourth-order valence-electron chi connectivity index (χ4n) is 1.36. The number of hydrogen-bond acceptors (Lipinski definition) is 3. The molecule has 4 nitrogen and oxygen atoms in total. The van der Waals surface area contributed by atoms with Gasteiger partial charge in [-0.3, -0.25) is 4.72 Å². The smallest absolute Gasteiger partial charge is 0.234 e. The summed E-state index contributed by atoms with van der Waals surface area (Å²) in [4.78, 5) is 4.02. The van der Waals surface area contributed by atoms with Crippen molar-refractivity contribution in [3.05, 3.63) is 22.3 Å². The first-order valence-corrected chi connectivity index (χ1v) is 7.66. The van der Waals surface area contributed by atoms with Crippen LogP contribution in [0.25, 0.3) is 0 Å². The number of nitrogens with one attached hydrogen (secondary N) is 1. The lowest BCUT2D eigenvalue weighted by molar-refractivity contribution is 0.463. The van der Waals surface area contributed by atoms with Crippen molar-refractivity contribution in [2.45, 2.75) is 27.7 Å². The average Bonchev–Trinajstić information content (AvgIpc) is 2.06. The van der Waals surface area contributed by atoms with Gasteiger partial charge in [0.2, 0.25) is 10.0 Å². The maximum absolute atomic E-state index is 11.8. The Bertz CT molecular complexity index is 507. The summed E-state index contributed by atoms with van der Waals surface area (Å²) < 4.78 is 27.0. The highest BCUT2D eigenvalue weighted by Crippen LogP contribution is 2.20. The molecular formula is C11H17BrN2O2S. The topological polar surface area (TPSA) is 59.1 Å². The molecule has 0 bridgehead atoms. The van der Waals surface area contributed by atoms with E-state index in [-0.39, 0.29) is 11.2 Å². The van der Waals surface area contributed by atoms with Gasteiger partial charge in [-0.1, -0.05) is 20.8 Å². The van der Waals surface area contributed by atoms with Gasteiger partial charge in [-0.25, -0.2) is 13.4 Å². The third-order valence-electron chi connectivity index (χ3n) is 1.93. The predicted octanol–water partition coefficient (Wildman–Crippen LogP) is 2.94. The SMILES string of the molecule is Cc1cc(NS(=O)(=O)CC(C)(C)C)ncc1Br. The van der Waals surface area contributed by atoms with Crippen LogP contribution in [0, 0.1) is 12.3 Å². The molecule has 0 radical (unpaired) electrons. The van der Waals surface area contributed by atoms with Crippen LogP contribution in [0.4, 0.5) is 5.82 Å². The third-order valence-corrected chi connectivity index (χ3v) is 4.53. The quantitative estimate of drug-likeness (QED) is 0.931. The monoisotopic (exact) mass is 320 g/mol. The van der Waals surface area contributed by atoms with Crippen molar-refractivity contribution in [3.63, 3.8) is 0 Å². The highest BCUT2D eigenvalue weighted by molar-refractivity contribution is 9.10. The number of aryl methyl sites for hydroxylation is 1. The lowest BCUT2D eigenvalue weighted by atomic mass is 10.0.